The van der Waals surface area contributed by atoms with Crippen molar-refractivity contribution >= 4 is 37.5 Å². The van der Waals surface area contributed by atoms with Crippen molar-refractivity contribution in [2.24, 2.45) is 7.05 Å². The molecule has 0 amide bonds. The number of anilines is 2. The van der Waals surface area contributed by atoms with Gasteiger partial charge in [0, 0.05) is 23.9 Å². The van der Waals surface area contributed by atoms with Crippen molar-refractivity contribution in [1.82, 2.24) is 14.8 Å². The van der Waals surface area contributed by atoms with E-state index in [1.165, 1.54) is 23.1 Å². The van der Waals surface area contributed by atoms with Crippen LogP contribution < -0.4 is 10.5 Å². The zero-order chi connectivity index (χ0) is 14.2. The fraction of sp³-hybridized carbons (Fsp3) is 0.200. The third-order valence-corrected chi connectivity index (χ3v) is 4.23. The predicted molar refractivity (Wildman–Crippen MR) is 75.1 cm³/mol. The van der Waals surface area contributed by atoms with Crippen molar-refractivity contribution in [3.8, 4) is 0 Å². The highest BCUT2D eigenvalue weighted by Crippen LogP contribution is 2.24. The summed E-state index contributed by atoms with van der Waals surface area (Å²) in [6.07, 6.45) is 2.76. The van der Waals surface area contributed by atoms with E-state index in [4.69, 9.17) is 5.73 Å². The van der Waals surface area contributed by atoms with Gasteiger partial charge in [0.1, 0.15) is 4.90 Å². The molecule has 9 heteroatoms. The summed E-state index contributed by atoms with van der Waals surface area (Å²) in [5.74, 6) is 0.234. The molecule has 0 atom stereocenters. The number of nitrogens with one attached hydrogen (secondary N) is 1. The first kappa shape index (κ1) is 13.8. The molecule has 0 fully saturated rings. The third kappa shape index (κ3) is 2.71. The van der Waals surface area contributed by atoms with Crippen LogP contribution in [0, 0.1) is 6.92 Å². The van der Waals surface area contributed by atoms with Crippen molar-refractivity contribution < 1.29 is 8.42 Å². The first-order chi connectivity index (χ1) is 8.81. The maximum absolute atomic E-state index is 12.2. The number of aryl methyl sites for hydroxylation is 2. The molecular formula is C10H12BrN5O2S. The SMILES string of the molecule is Cc1nn(C)c(NS(=O)(=O)c2cncc(Br)c2)c1N. The highest BCUT2D eigenvalue weighted by Gasteiger charge is 2.20. The number of sulfonamides is 1. The van der Waals surface area contributed by atoms with Gasteiger partial charge in [-0.25, -0.2) is 13.1 Å². The highest BCUT2D eigenvalue weighted by atomic mass is 79.9. The van der Waals surface area contributed by atoms with Gasteiger partial charge in [0.25, 0.3) is 10.0 Å². The molecule has 0 saturated heterocycles. The maximum Gasteiger partial charge on any atom is 0.264 e. The maximum atomic E-state index is 12.2. The Balaban J connectivity index is 2.42. The average molecular weight is 346 g/mol. The van der Waals surface area contributed by atoms with E-state index in [0.717, 1.165) is 0 Å². The second-order valence-corrected chi connectivity index (χ2v) is 6.51. The molecule has 19 heavy (non-hydrogen) atoms. The van der Waals surface area contributed by atoms with E-state index in [1.807, 2.05) is 0 Å². The second-order valence-electron chi connectivity index (χ2n) is 3.92. The summed E-state index contributed by atoms with van der Waals surface area (Å²) in [4.78, 5) is 3.86. The van der Waals surface area contributed by atoms with Crippen molar-refractivity contribution in [3.05, 3.63) is 28.6 Å². The second kappa shape index (κ2) is 4.82. The van der Waals surface area contributed by atoms with E-state index >= 15 is 0 Å². The van der Waals surface area contributed by atoms with Gasteiger partial charge in [0.05, 0.1) is 11.4 Å². The molecule has 102 valence electrons. The zero-order valence-electron chi connectivity index (χ0n) is 10.3. The molecule has 0 aliphatic heterocycles. The van der Waals surface area contributed by atoms with Gasteiger partial charge in [-0.1, -0.05) is 0 Å². The van der Waals surface area contributed by atoms with Gasteiger partial charge in [0.2, 0.25) is 0 Å². The Bertz CT molecular complexity index is 726. The summed E-state index contributed by atoms with van der Waals surface area (Å²) in [5, 5.41) is 4.05. The van der Waals surface area contributed by atoms with Gasteiger partial charge >= 0.3 is 0 Å². The van der Waals surface area contributed by atoms with E-state index in [0.29, 0.717) is 15.9 Å². The average Bonchev–Trinajstić information content (AvgIpc) is 2.56. The summed E-state index contributed by atoms with van der Waals surface area (Å²) in [6.45, 7) is 1.70. The molecule has 0 bridgehead atoms. The van der Waals surface area contributed by atoms with Crippen LogP contribution in [0.15, 0.2) is 27.8 Å². The molecule has 0 unspecified atom stereocenters. The van der Waals surface area contributed by atoms with Gasteiger partial charge in [0.15, 0.2) is 5.82 Å². The Morgan fingerprint density at radius 1 is 1.42 bits per heavy atom. The molecule has 0 aliphatic carbocycles. The highest BCUT2D eigenvalue weighted by molar-refractivity contribution is 9.10. The smallest absolute Gasteiger partial charge is 0.264 e. The number of hydrogen-bond acceptors (Lipinski definition) is 5. The van der Waals surface area contributed by atoms with Gasteiger partial charge in [-0.15, -0.1) is 0 Å². The molecule has 7 nitrogen and oxygen atoms in total. The van der Waals surface area contributed by atoms with Crippen LogP contribution in [0.4, 0.5) is 11.5 Å². The molecule has 2 rings (SSSR count). The Morgan fingerprint density at radius 2 is 2.11 bits per heavy atom. The minimum absolute atomic E-state index is 0.0418. The van der Waals surface area contributed by atoms with E-state index in [1.54, 1.807) is 14.0 Å². The number of nitrogens with two attached hydrogens (primary N) is 1. The lowest BCUT2D eigenvalue weighted by atomic mass is 10.4. The molecule has 0 radical (unpaired) electrons. The zero-order valence-corrected chi connectivity index (χ0v) is 12.7. The first-order valence-electron chi connectivity index (χ1n) is 5.23. The summed E-state index contributed by atoms with van der Waals surface area (Å²) in [6, 6.07) is 1.45. The molecule has 3 N–H and O–H groups in total. The summed E-state index contributed by atoms with van der Waals surface area (Å²) in [5.41, 5.74) is 6.65. The lowest BCUT2D eigenvalue weighted by molar-refractivity contribution is 0.599. The number of nitrogens with zero attached hydrogens (tertiary/aromatic N) is 3. The summed E-state index contributed by atoms with van der Waals surface area (Å²) < 4.78 is 28.8. The van der Waals surface area contributed by atoms with Crippen molar-refractivity contribution in [2.45, 2.75) is 11.8 Å². The minimum atomic E-state index is -3.75. The Labute approximate surface area is 119 Å². The number of hydrogen-bond donors (Lipinski definition) is 2. The third-order valence-electron chi connectivity index (χ3n) is 2.49. The standard InChI is InChI=1S/C10H12BrN5O2S/c1-6-9(12)10(16(2)14-6)15-19(17,18)8-3-7(11)4-13-5-8/h3-5,15H,12H2,1-2H3. The molecule has 2 aromatic rings. The van der Waals surface area contributed by atoms with Gasteiger partial charge in [-0.2, -0.15) is 5.10 Å². The number of halogens is 1. The number of aromatic nitrogens is 3. The number of pyridine rings is 1. The van der Waals surface area contributed by atoms with Crippen molar-refractivity contribution in [2.75, 3.05) is 10.5 Å². The summed E-state index contributed by atoms with van der Waals surface area (Å²) in [7, 11) is -2.14. The van der Waals surface area contributed by atoms with Crippen molar-refractivity contribution in [1.29, 1.82) is 0 Å². The van der Waals surface area contributed by atoms with Crippen LogP contribution in [-0.2, 0) is 17.1 Å². The molecule has 2 heterocycles. The Morgan fingerprint density at radius 3 is 2.63 bits per heavy atom. The van der Waals surface area contributed by atoms with Crippen LogP contribution in [0.5, 0.6) is 0 Å². The van der Waals surface area contributed by atoms with Gasteiger partial charge in [-0.3, -0.25) is 9.71 Å². The molecule has 0 spiro atoms. The lowest BCUT2D eigenvalue weighted by Gasteiger charge is -2.08. The largest absolute Gasteiger partial charge is 0.394 e. The van der Waals surface area contributed by atoms with Gasteiger partial charge < -0.3 is 5.73 Å². The van der Waals surface area contributed by atoms with Crippen LogP contribution in [0.25, 0.3) is 0 Å². The fourth-order valence-corrected chi connectivity index (χ4v) is 3.13. The van der Waals surface area contributed by atoms with Crippen LogP contribution in [0.2, 0.25) is 0 Å². The molecule has 2 aromatic heterocycles. The van der Waals surface area contributed by atoms with E-state index < -0.39 is 10.0 Å². The van der Waals surface area contributed by atoms with Crippen LogP contribution in [-0.4, -0.2) is 23.2 Å². The molecule has 0 aromatic carbocycles. The van der Waals surface area contributed by atoms with Gasteiger partial charge in [-0.05, 0) is 28.9 Å². The predicted octanol–water partition coefficient (Wildman–Crippen LogP) is 1.27. The number of nitrogen functional groups attached to an aromatic ring is 1. The van der Waals surface area contributed by atoms with Crippen LogP contribution >= 0.6 is 15.9 Å². The molecule has 0 saturated carbocycles. The number of rotatable bonds is 3. The normalized spacial score (nSPS) is 11.5. The van der Waals surface area contributed by atoms with Crippen molar-refractivity contribution in [3.63, 3.8) is 0 Å². The quantitative estimate of drug-likeness (QED) is 0.871. The fourth-order valence-electron chi connectivity index (χ4n) is 1.52. The lowest BCUT2D eigenvalue weighted by Crippen LogP contribution is -2.16. The van der Waals surface area contributed by atoms with Crippen LogP contribution in [0.1, 0.15) is 5.69 Å². The van der Waals surface area contributed by atoms with E-state index in [9.17, 15) is 8.42 Å². The Hall–Kier alpha value is -1.61. The molecular weight excluding hydrogens is 334 g/mol. The monoisotopic (exact) mass is 345 g/mol. The van der Waals surface area contributed by atoms with E-state index in [2.05, 4.69) is 30.7 Å². The molecule has 0 aliphatic rings. The Kier molecular flexibility index (Phi) is 3.50. The first-order valence-corrected chi connectivity index (χ1v) is 7.51. The summed E-state index contributed by atoms with van der Waals surface area (Å²) >= 11 is 3.18. The topological polar surface area (TPSA) is 103 Å². The van der Waals surface area contributed by atoms with E-state index in [-0.39, 0.29) is 10.7 Å². The minimum Gasteiger partial charge on any atom is -0.394 e. The van der Waals surface area contributed by atoms with Crippen LogP contribution in [0.3, 0.4) is 0 Å².